The largest absolute Gasteiger partial charge is 0.322 e. The van der Waals surface area contributed by atoms with E-state index in [0.717, 1.165) is 40.9 Å². The zero-order valence-electron chi connectivity index (χ0n) is 11.6. The molecule has 1 unspecified atom stereocenters. The summed E-state index contributed by atoms with van der Waals surface area (Å²) in [5.74, 6) is 0. The standard InChI is InChI=1S/C13H20BrN5/c1-4-10-13(14)12(19(5-2)17-10)8-9(15)11-6-7-16-18(11)3/h6-7,9H,4-5,8,15H2,1-3H3. The molecule has 2 aromatic heterocycles. The van der Waals surface area contributed by atoms with Crippen molar-refractivity contribution in [1.82, 2.24) is 19.6 Å². The molecule has 0 spiro atoms. The number of aryl methyl sites for hydroxylation is 3. The molecule has 2 aromatic rings. The van der Waals surface area contributed by atoms with Gasteiger partial charge in [0.1, 0.15) is 0 Å². The van der Waals surface area contributed by atoms with E-state index in [-0.39, 0.29) is 6.04 Å². The summed E-state index contributed by atoms with van der Waals surface area (Å²) in [5.41, 5.74) is 9.58. The Kier molecular flexibility index (Phi) is 4.42. The van der Waals surface area contributed by atoms with Crippen LogP contribution in [0.1, 0.15) is 37.0 Å². The first kappa shape index (κ1) is 14.3. The average molecular weight is 326 g/mol. The first-order valence-corrected chi connectivity index (χ1v) is 7.35. The molecule has 2 N–H and O–H groups in total. The van der Waals surface area contributed by atoms with Crippen molar-refractivity contribution in [3.63, 3.8) is 0 Å². The van der Waals surface area contributed by atoms with Gasteiger partial charge in [-0.2, -0.15) is 10.2 Å². The summed E-state index contributed by atoms with van der Waals surface area (Å²) in [5, 5.41) is 8.76. The smallest absolute Gasteiger partial charge is 0.0766 e. The molecule has 0 saturated heterocycles. The lowest BCUT2D eigenvalue weighted by Gasteiger charge is -2.13. The summed E-state index contributed by atoms with van der Waals surface area (Å²) in [6.45, 7) is 5.06. The molecule has 2 rings (SSSR count). The van der Waals surface area contributed by atoms with Crippen LogP contribution in [0.4, 0.5) is 0 Å². The fraction of sp³-hybridized carbons (Fsp3) is 0.538. The summed E-state index contributed by atoms with van der Waals surface area (Å²) in [7, 11) is 1.92. The van der Waals surface area contributed by atoms with E-state index in [0.29, 0.717) is 0 Å². The predicted octanol–water partition coefficient (Wildman–Crippen LogP) is 2.20. The van der Waals surface area contributed by atoms with Crippen LogP contribution < -0.4 is 5.73 Å². The van der Waals surface area contributed by atoms with Gasteiger partial charge in [0.05, 0.1) is 27.6 Å². The zero-order valence-corrected chi connectivity index (χ0v) is 13.2. The molecule has 2 heterocycles. The van der Waals surface area contributed by atoms with Crippen LogP contribution >= 0.6 is 15.9 Å². The maximum Gasteiger partial charge on any atom is 0.0766 e. The highest BCUT2D eigenvalue weighted by molar-refractivity contribution is 9.10. The van der Waals surface area contributed by atoms with Crippen LogP contribution in [0.15, 0.2) is 16.7 Å². The summed E-state index contributed by atoms with van der Waals surface area (Å²) in [6.07, 6.45) is 3.45. The van der Waals surface area contributed by atoms with Crippen LogP contribution in [0.2, 0.25) is 0 Å². The normalized spacial score (nSPS) is 12.9. The van der Waals surface area contributed by atoms with Crippen molar-refractivity contribution in [2.24, 2.45) is 12.8 Å². The average Bonchev–Trinajstić information content (AvgIpc) is 2.95. The molecule has 0 aliphatic rings. The van der Waals surface area contributed by atoms with Gasteiger partial charge in [0.25, 0.3) is 0 Å². The van der Waals surface area contributed by atoms with Crippen LogP contribution in [0, 0.1) is 0 Å². The molecule has 0 aliphatic heterocycles. The maximum atomic E-state index is 6.29. The molecule has 0 amide bonds. The molecule has 19 heavy (non-hydrogen) atoms. The van der Waals surface area contributed by atoms with E-state index in [4.69, 9.17) is 5.73 Å². The third-order valence-electron chi connectivity index (χ3n) is 3.35. The number of hydrogen-bond donors (Lipinski definition) is 1. The second-order valence-electron chi connectivity index (χ2n) is 4.57. The van der Waals surface area contributed by atoms with Crippen LogP contribution in [0.5, 0.6) is 0 Å². The quantitative estimate of drug-likeness (QED) is 0.916. The van der Waals surface area contributed by atoms with Gasteiger partial charge in [-0.05, 0) is 35.3 Å². The van der Waals surface area contributed by atoms with Crippen LogP contribution in [0.25, 0.3) is 0 Å². The summed E-state index contributed by atoms with van der Waals surface area (Å²) >= 11 is 3.65. The highest BCUT2D eigenvalue weighted by atomic mass is 79.9. The lowest BCUT2D eigenvalue weighted by Crippen LogP contribution is -2.19. The van der Waals surface area contributed by atoms with Gasteiger partial charge in [-0.15, -0.1) is 0 Å². The Morgan fingerprint density at radius 2 is 2.16 bits per heavy atom. The number of hydrogen-bond acceptors (Lipinski definition) is 3. The number of nitrogens with zero attached hydrogens (tertiary/aromatic N) is 4. The minimum atomic E-state index is -0.0736. The van der Waals surface area contributed by atoms with Gasteiger partial charge in [0, 0.05) is 26.2 Å². The van der Waals surface area contributed by atoms with Crippen molar-refractivity contribution in [2.75, 3.05) is 0 Å². The molecule has 0 radical (unpaired) electrons. The Hall–Kier alpha value is -1.14. The molecule has 0 fully saturated rings. The Morgan fingerprint density at radius 3 is 2.68 bits per heavy atom. The first-order chi connectivity index (χ1) is 9.08. The molecule has 0 aromatic carbocycles. The van der Waals surface area contributed by atoms with Crippen LogP contribution in [0.3, 0.4) is 0 Å². The molecular weight excluding hydrogens is 306 g/mol. The Morgan fingerprint density at radius 1 is 1.42 bits per heavy atom. The van der Waals surface area contributed by atoms with Crippen molar-refractivity contribution >= 4 is 15.9 Å². The van der Waals surface area contributed by atoms with Crippen molar-refractivity contribution in [2.45, 2.75) is 39.3 Å². The molecule has 104 valence electrons. The van der Waals surface area contributed by atoms with E-state index in [1.54, 1.807) is 6.20 Å². The Labute approximate surface area is 121 Å². The third-order valence-corrected chi connectivity index (χ3v) is 4.26. The van der Waals surface area contributed by atoms with Crippen LogP contribution in [-0.4, -0.2) is 19.6 Å². The van der Waals surface area contributed by atoms with Crippen molar-refractivity contribution in [1.29, 1.82) is 0 Å². The maximum absolute atomic E-state index is 6.29. The fourth-order valence-corrected chi connectivity index (χ4v) is 3.00. The van der Waals surface area contributed by atoms with E-state index >= 15 is 0 Å². The number of halogens is 1. The second-order valence-corrected chi connectivity index (χ2v) is 5.36. The minimum Gasteiger partial charge on any atom is -0.322 e. The molecule has 0 saturated carbocycles. The van der Waals surface area contributed by atoms with Gasteiger partial charge in [-0.25, -0.2) is 0 Å². The number of nitrogens with two attached hydrogens (primary N) is 1. The number of rotatable bonds is 5. The van der Waals surface area contributed by atoms with E-state index in [1.807, 2.05) is 22.5 Å². The van der Waals surface area contributed by atoms with Crippen molar-refractivity contribution in [3.8, 4) is 0 Å². The second kappa shape index (κ2) is 5.88. The monoisotopic (exact) mass is 325 g/mol. The Bertz CT molecular complexity index is 557. The van der Waals surface area contributed by atoms with E-state index in [9.17, 15) is 0 Å². The van der Waals surface area contributed by atoms with E-state index < -0.39 is 0 Å². The summed E-state index contributed by atoms with van der Waals surface area (Å²) < 4.78 is 4.94. The lowest BCUT2D eigenvalue weighted by molar-refractivity contribution is 0.561. The van der Waals surface area contributed by atoms with Gasteiger partial charge >= 0.3 is 0 Å². The molecule has 1 atom stereocenters. The van der Waals surface area contributed by atoms with Crippen LogP contribution in [-0.2, 0) is 26.4 Å². The third kappa shape index (κ3) is 2.74. The number of aromatic nitrogens is 4. The van der Waals surface area contributed by atoms with Gasteiger partial charge in [0.2, 0.25) is 0 Å². The van der Waals surface area contributed by atoms with Gasteiger partial charge in [0.15, 0.2) is 0 Å². The van der Waals surface area contributed by atoms with Gasteiger partial charge < -0.3 is 5.73 Å². The van der Waals surface area contributed by atoms with E-state index in [2.05, 4.69) is 40.0 Å². The highest BCUT2D eigenvalue weighted by Gasteiger charge is 2.18. The SMILES string of the molecule is CCc1nn(CC)c(CC(N)c2ccnn2C)c1Br. The van der Waals surface area contributed by atoms with Gasteiger partial charge in [-0.3, -0.25) is 9.36 Å². The highest BCUT2D eigenvalue weighted by Crippen LogP contribution is 2.26. The molecule has 6 heteroatoms. The first-order valence-electron chi connectivity index (χ1n) is 6.56. The lowest BCUT2D eigenvalue weighted by atomic mass is 10.1. The van der Waals surface area contributed by atoms with Gasteiger partial charge in [-0.1, -0.05) is 6.92 Å². The predicted molar refractivity (Wildman–Crippen MR) is 78.8 cm³/mol. The van der Waals surface area contributed by atoms with E-state index in [1.165, 1.54) is 0 Å². The van der Waals surface area contributed by atoms with Crippen molar-refractivity contribution in [3.05, 3.63) is 33.8 Å². The zero-order chi connectivity index (χ0) is 14.0. The fourth-order valence-electron chi connectivity index (χ4n) is 2.27. The molecule has 5 nitrogen and oxygen atoms in total. The summed E-state index contributed by atoms with van der Waals surface area (Å²) in [6, 6.07) is 1.89. The summed E-state index contributed by atoms with van der Waals surface area (Å²) in [4.78, 5) is 0. The molecule has 0 aliphatic carbocycles. The topological polar surface area (TPSA) is 61.7 Å². The van der Waals surface area contributed by atoms with Crippen molar-refractivity contribution < 1.29 is 0 Å². The molecular formula is C13H20BrN5. The Balaban J connectivity index is 2.28. The minimum absolute atomic E-state index is 0.0736. The molecule has 0 bridgehead atoms.